The standard InChI is InChI=1S/C28H35NO5/c30-19-26-17-25(10-11-27(26)31)28(32)18-29-13-12-22-8-4-9-24(16-22)21-34-15-5-14-33-20-23-6-2-1-3-7-23/h1-4,6-11,16-17,28-32H,5,12-15,18-21H2. The fourth-order valence-electron chi connectivity index (χ4n) is 3.62. The van der Waals surface area contributed by atoms with Crippen molar-refractivity contribution >= 4 is 0 Å². The first-order valence-electron chi connectivity index (χ1n) is 11.7. The second-order valence-electron chi connectivity index (χ2n) is 8.28. The molecular formula is C28H35NO5. The maximum Gasteiger partial charge on any atom is 0.121 e. The van der Waals surface area contributed by atoms with Crippen LogP contribution < -0.4 is 5.32 Å². The maximum absolute atomic E-state index is 10.4. The number of benzene rings is 3. The molecule has 6 heteroatoms. The van der Waals surface area contributed by atoms with E-state index in [9.17, 15) is 15.3 Å². The van der Waals surface area contributed by atoms with Crippen LogP contribution in [0.3, 0.4) is 0 Å². The molecule has 0 aliphatic rings. The molecule has 0 heterocycles. The highest BCUT2D eigenvalue weighted by Crippen LogP contribution is 2.22. The average molecular weight is 466 g/mol. The van der Waals surface area contributed by atoms with E-state index in [0.29, 0.717) is 44.1 Å². The van der Waals surface area contributed by atoms with Crippen molar-refractivity contribution in [1.82, 2.24) is 5.32 Å². The molecule has 3 aromatic rings. The van der Waals surface area contributed by atoms with Crippen LogP contribution in [0.1, 0.15) is 40.3 Å². The summed E-state index contributed by atoms with van der Waals surface area (Å²) in [6.07, 6.45) is 0.993. The average Bonchev–Trinajstić information content (AvgIpc) is 2.87. The second kappa shape index (κ2) is 14.5. The lowest BCUT2D eigenvalue weighted by Crippen LogP contribution is -2.23. The first-order chi connectivity index (χ1) is 16.7. The summed E-state index contributed by atoms with van der Waals surface area (Å²) in [6, 6.07) is 23.3. The molecule has 182 valence electrons. The van der Waals surface area contributed by atoms with Crippen molar-refractivity contribution in [1.29, 1.82) is 0 Å². The van der Waals surface area contributed by atoms with Crippen molar-refractivity contribution in [3.05, 3.63) is 101 Å². The molecule has 0 aliphatic carbocycles. The zero-order valence-corrected chi connectivity index (χ0v) is 19.5. The molecule has 0 radical (unpaired) electrons. The minimum Gasteiger partial charge on any atom is -0.508 e. The SMILES string of the molecule is OCc1cc(C(O)CNCCc2cccc(COCCCOCc3ccccc3)c2)ccc1O. The van der Waals surface area contributed by atoms with Gasteiger partial charge in [-0.2, -0.15) is 0 Å². The lowest BCUT2D eigenvalue weighted by atomic mass is 10.0. The first kappa shape index (κ1) is 25.9. The normalized spacial score (nSPS) is 12.1. The Kier molecular flexibility index (Phi) is 11.0. The topological polar surface area (TPSA) is 91.2 Å². The van der Waals surface area contributed by atoms with Gasteiger partial charge in [0.1, 0.15) is 5.75 Å². The van der Waals surface area contributed by atoms with Crippen LogP contribution in [0.2, 0.25) is 0 Å². The van der Waals surface area contributed by atoms with E-state index < -0.39 is 6.10 Å². The van der Waals surface area contributed by atoms with E-state index in [2.05, 4.69) is 35.6 Å². The van der Waals surface area contributed by atoms with Crippen LogP contribution in [0.4, 0.5) is 0 Å². The third-order valence-electron chi connectivity index (χ3n) is 5.54. The van der Waals surface area contributed by atoms with Crippen LogP contribution in [0.25, 0.3) is 0 Å². The molecule has 1 atom stereocenters. The summed E-state index contributed by atoms with van der Waals surface area (Å²) in [4.78, 5) is 0. The molecule has 0 saturated carbocycles. The Labute approximate surface area is 201 Å². The van der Waals surface area contributed by atoms with Crippen LogP contribution in [-0.4, -0.2) is 41.6 Å². The fourth-order valence-corrected chi connectivity index (χ4v) is 3.62. The van der Waals surface area contributed by atoms with Crippen molar-refractivity contribution in [3.8, 4) is 5.75 Å². The number of rotatable bonds is 15. The van der Waals surface area contributed by atoms with E-state index in [1.165, 1.54) is 17.2 Å². The van der Waals surface area contributed by atoms with E-state index >= 15 is 0 Å². The Hall–Kier alpha value is -2.74. The van der Waals surface area contributed by atoms with E-state index in [1.807, 2.05) is 24.3 Å². The van der Waals surface area contributed by atoms with Gasteiger partial charge < -0.3 is 30.1 Å². The lowest BCUT2D eigenvalue weighted by molar-refractivity contribution is 0.0695. The molecule has 3 rings (SSSR count). The van der Waals surface area contributed by atoms with Crippen LogP contribution in [0.15, 0.2) is 72.8 Å². The third kappa shape index (κ3) is 8.89. The van der Waals surface area contributed by atoms with E-state index in [4.69, 9.17) is 9.47 Å². The number of aliphatic hydroxyl groups excluding tert-OH is 2. The number of nitrogens with one attached hydrogen (secondary N) is 1. The van der Waals surface area contributed by atoms with Gasteiger partial charge in [0.05, 0.1) is 25.9 Å². The number of phenols is 1. The Morgan fingerprint density at radius 2 is 1.50 bits per heavy atom. The van der Waals surface area contributed by atoms with Gasteiger partial charge in [-0.25, -0.2) is 0 Å². The minimum absolute atomic E-state index is 0.0339. The first-order valence-corrected chi connectivity index (χ1v) is 11.7. The molecule has 0 saturated heterocycles. The maximum atomic E-state index is 10.4. The number of hydrogen-bond donors (Lipinski definition) is 4. The molecule has 0 amide bonds. The molecule has 0 aliphatic heterocycles. The summed E-state index contributed by atoms with van der Waals surface area (Å²) in [5.74, 6) is 0.0339. The number of hydrogen-bond acceptors (Lipinski definition) is 6. The Morgan fingerprint density at radius 1 is 0.794 bits per heavy atom. The van der Waals surface area contributed by atoms with Gasteiger partial charge in [-0.05, 0) is 53.8 Å². The van der Waals surface area contributed by atoms with Crippen molar-refractivity contribution in [2.24, 2.45) is 0 Å². The summed E-state index contributed by atoms with van der Waals surface area (Å²) in [5, 5.41) is 32.5. The van der Waals surface area contributed by atoms with Gasteiger partial charge in [0.15, 0.2) is 0 Å². The zero-order chi connectivity index (χ0) is 24.0. The summed E-state index contributed by atoms with van der Waals surface area (Å²) in [5.41, 5.74) is 4.61. The summed E-state index contributed by atoms with van der Waals surface area (Å²) in [6.45, 7) is 3.41. The Balaban J connectivity index is 1.29. The molecule has 4 N–H and O–H groups in total. The van der Waals surface area contributed by atoms with Gasteiger partial charge in [-0.1, -0.05) is 60.7 Å². The largest absolute Gasteiger partial charge is 0.508 e. The molecule has 0 fully saturated rings. The van der Waals surface area contributed by atoms with Gasteiger partial charge in [0.2, 0.25) is 0 Å². The molecule has 0 aromatic heterocycles. The molecule has 1 unspecified atom stereocenters. The highest BCUT2D eigenvalue weighted by atomic mass is 16.5. The smallest absolute Gasteiger partial charge is 0.121 e. The Morgan fingerprint density at radius 3 is 2.26 bits per heavy atom. The van der Waals surface area contributed by atoms with Crippen LogP contribution >= 0.6 is 0 Å². The fraction of sp³-hybridized carbons (Fsp3) is 0.357. The van der Waals surface area contributed by atoms with E-state index in [1.54, 1.807) is 12.1 Å². The molecule has 6 nitrogen and oxygen atoms in total. The van der Waals surface area contributed by atoms with Gasteiger partial charge in [-0.3, -0.25) is 0 Å². The van der Waals surface area contributed by atoms with Gasteiger partial charge >= 0.3 is 0 Å². The van der Waals surface area contributed by atoms with Crippen LogP contribution in [0, 0.1) is 0 Å². The monoisotopic (exact) mass is 465 g/mol. The van der Waals surface area contributed by atoms with E-state index in [-0.39, 0.29) is 12.4 Å². The van der Waals surface area contributed by atoms with Crippen LogP contribution in [0.5, 0.6) is 5.75 Å². The van der Waals surface area contributed by atoms with Crippen molar-refractivity contribution in [2.45, 2.75) is 38.8 Å². The van der Waals surface area contributed by atoms with Gasteiger partial charge in [-0.15, -0.1) is 0 Å². The molecule has 34 heavy (non-hydrogen) atoms. The summed E-state index contributed by atoms with van der Waals surface area (Å²) in [7, 11) is 0. The molecular weight excluding hydrogens is 430 g/mol. The number of aliphatic hydroxyl groups is 2. The molecule has 0 spiro atoms. The highest BCUT2D eigenvalue weighted by molar-refractivity contribution is 5.36. The van der Waals surface area contributed by atoms with Crippen molar-refractivity contribution in [2.75, 3.05) is 26.3 Å². The highest BCUT2D eigenvalue weighted by Gasteiger charge is 2.10. The quantitative estimate of drug-likeness (QED) is 0.255. The summed E-state index contributed by atoms with van der Waals surface area (Å²) < 4.78 is 11.5. The molecule has 3 aromatic carbocycles. The lowest BCUT2D eigenvalue weighted by Gasteiger charge is -2.14. The second-order valence-corrected chi connectivity index (χ2v) is 8.28. The zero-order valence-electron chi connectivity index (χ0n) is 19.5. The predicted molar refractivity (Wildman–Crippen MR) is 132 cm³/mol. The van der Waals surface area contributed by atoms with Gasteiger partial charge in [0, 0.05) is 25.3 Å². The Bertz CT molecular complexity index is 980. The predicted octanol–water partition coefficient (Wildman–Crippen LogP) is 3.87. The minimum atomic E-state index is -0.706. The van der Waals surface area contributed by atoms with E-state index in [0.717, 1.165) is 24.9 Å². The van der Waals surface area contributed by atoms with Crippen LogP contribution in [-0.2, 0) is 35.7 Å². The third-order valence-corrected chi connectivity index (χ3v) is 5.54. The molecule has 0 bridgehead atoms. The summed E-state index contributed by atoms with van der Waals surface area (Å²) >= 11 is 0. The van der Waals surface area contributed by atoms with Gasteiger partial charge in [0.25, 0.3) is 0 Å². The van der Waals surface area contributed by atoms with Crippen molar-refractivity contribution < 1.29 is 24.8 Å². The van der Waals surface area contributed by atoms with Crippen molar-refractivity contribution in [3.63, 3.8) is 0 Å². The number of aromatic hydroxyl groups is 1. The number of ether oxygens (including phenoxy) is 2.